The van der Waals surface area contributed by atoms with Gasteiger partial charge in [-0.1, -0.05) is 6.07 Å². The molecular weight excluding hydrogens is 242 g/mol. The molecule has 3 rings (SSSR count). The SMILES string of the molecule is Cc1cccc2nc(NCC(=O)N3CCCC3)nn12. The summed E-state index contributed by atoms with van der Waals surface area (Å²) in [5, 5.41) is 7.34. The third-order valence-electron chi connectivity index (χ3n) is 3.41. The molecule has 1 aliphatic rings. The zero-order valence-electron chi connectivity index (χ0n) is 11.0. The quantitative estimate of drug-likeness (QED) is 0.895. The van der Waals surface area contributed by atoms with Crippen LogP contribution in [0.4, 0.5) is 5.95 Å². The number of carbonyl (C=O) groups excluding carboxylic acids is 1. The second-order valence-electron chi connectivity index (χ2n) is 4.81. The van der Waals surface area contributed by atoms with Crippen molar-refractivity contribution in [2.75, 3.05) is 25.0 Å². The normalized spacial score (nSPS) is 15.1. The minimum absolute atomic E-state index is 0.119. The van der Waals surface area contributed by atoms with Gasteiger partial charge in [0.1, 0.15) is 0 Å². The second kappa shape index (κ2) is 4.87. The maximum atomic E-state index is 11.9. The number of hydrogen-bond donors (Lipinski definition) is 1. The summed E-state index contributed by atoms with van der Waals surface area (Å²) < 4.78 is 1.77. The van der Waals surface area contributed by atoms with Crippen LogP contribution < -0.4 is 5.32 Å². The number of nitrogens with zero attached hydrogens (tertiary/aromatic N) is 4. The molecule has 1 fully saturated rings. The molecule has 6 heteroatoms. The highest BCUT2D eigenvalue weighted by atomic mass is 16.2. The Balaban J connectivity index is 1.68. The molecule has 1 saturated heterocycles. The largest absolute Gasteiger partial charge is 0.344 e. The molecule has 0 atom stereocenters. The van der Waals surface area contributed by atoms with Crippen molar-refractivity contribution >= 4 is 17.5 Å². The topological polar surface area (TPSA) is 62.5 Å². The molecule has 2 aromatic rings. The van der Waals surface area contributed by atoms with Gasteiger partial charge < -0.3 is 10.2 Å². The first-order valence-electron chi connectivity index (χ1n) is 6.58. The Morgan fingerprint density at radius 2 is 2.16 bits per heavy atom. The number of carbonyl (C=O) groups is 1. The number of aryl methyl sites for hydroxylation is 1. The molecule has 0 saturated carbocycles. The molecule has 0 radical (unpaired) electrons. The van der Waals surface area contributed by atoms with Gasteiger partial charge in [-0.3, -0.25) is 4.79 Å². The van der Waals surface area contributed by atoms with Crippen LogP contribution in [-0.4, -0.2) is 45.0 Å². The Morgan fingerprint density at radius 1 is 1.37 bits per heavy atom. The van der Waals surface area contributed by atoms with E-state index in [1.54, 1.807) is 4.52 Å². The van der Waals surface area contributed by atoms with Gasteiger partial charge >= 0.3 is 0 Å². The van der Waals surface area contributed by atoms with Gasteiger partial charge in [-0.05, 0) is 31.9 Å². The van der Waals surface area contributed by atoms with E-state index >= 15 is 0 Å². The molecular formula is C13H17N5O. The van der Waals surface area contributed by atoms with E-state index in [2.05, 4.69) is 15.4 Å². The summed E-state index contributed by atoms with van der Waals surface area (Å²) in [7, 11) is 0. The highest BCUT2D eigenvalue weighted by molar-refractivity contribution is 5.80. The fraction of sp³-hybridized carbons (Fsp3) is 0.462. The lowest BCUT2D eigenvalue weighted by Gasteiger charge is -2.14. The van der Waals surface area contributed by atoms with Crippen molar-refractivity contribution in [3.05, 3.63) is 23.9 Å². The van der Waals surface area contributed by atoms with Crippen molar-refractivity contribution in [2.45, 2.75) is 19.8 Å². The van der Waals surface area contributed by atoms with Gasteiger partial charge in [0.2, 0.25) is 11.9 Å². The Hall–Kier alpha value is -2.11. The number of fused-ring (bicyclic) bond motifs is 1. The fourth-order valence-corrected chi connectivity index (χ4v) is 2.34. The monoisotopic (exact) mass is 259 g/mol. The summed E-state index contributed by atoms with van der Waals surface area (Å²) in [6, 6.07) is 5.81. The summed E-state index contributed by atoms with van der Waals surface area (Å²) >= 11 is 0. The molecule has 2 aromatic heterocycles. The summed E-state index contributed by atoms with van der Waals surface area (Å²) in [6.07, 6.45) is 2.22. The number of hydrogen-bond acceptors (Lipinski definition) is 4. The molecule has 6 nitrogen and oxygen atoms in total. The zero-order chi connectivity index (χ0) is 13.2. The van der Waals surface area contributed by atoms with E-state index in [0.29, 0.717) is 5.95 Å². The molecule has 3 heterocycles. The minimum Gasteiger partial charge on any atom is -0.344 e. The van der Waals surface area contributed by atoms with Gasteiger partial charge in [0, 0.05) is 18.8 Å². The van der Waals surface area contributed by atoms with Crippen molar-refractivity contribution in [2.24, 2.45) is 0 Å². The van der Waals surface area contributed by atoms with Gasteiger partial charge in [-0.2, -0.15) is 4.98 Å². The third kappa shape index (κ3) is 2.38. The number of amides is 1. The average molecular weight is 259 g/mol. The molecule has 0 spiro atoms. The van der Waals surface area contributed by atoms with E-state index in [1.807, 2.05) is 30.0 Å². The Kier molecular flexibility index (Phi) is 3.06. The summed E-state index contributed by atoms with van der Waals surface area (Å²) in [5.41, 5.74) is 1.81. The number of aromatic nitrogens is 3. The minimum atomic E-state index is 0.119. The zero-order valence-corrected chi connectivity index (χ0v) is 11.0. The number of nitrogens with one attached hydrogen (secondary N) is 1. The van der Waals surface area contributed by atoms with Gasteiger partial charge in [0.25, 0.3) is 0 Å². The number of likely N-dealkylation sites (tertiary alicyclic amines) is 1. The number of anilines is 1. The van der Waals surface area contributed by atoms with E-state index in [-0.39, 0.29) is 12.5 Å². The van der Waals surface area contributed by atoms with Gasteiger partial charge in [-0.15, -0.1) is 5.10 Å². The molecule has 1 amide bonds. The van der Waals surface area contributed by atoms with Crippen LogP contribution in [0, 0.1) is 6.92 Å². The van der Waals surface area contributed by atoms with Crippen LogP contribution in [0.1, 0.15) is 18.5 Å². The maximum absolute atomic E-state index is 11.9. The molecule has 1 N–H and O–H groups in total. The lowest BCUT2D eigenvalue weighted by atomic mass is 10.4. The van der Waals surface area contributed by atoms with Gasteiger partial charge in [0.15, 0.2) is 5.65 Å². The molecule has 0 bridgehead atoms. The third-order valence-corrected chi connectivity index (χ3v) is 3.41. The molecule has 19 heavy (non-hydrogen) atoms. The Morgan fingerprint density at radius 3 is 2.89 bits per heavy atom. The fourth-order valence-electron chi connectivity index (χ4n) is 2.34. The van der Waals surface area contributed by atoms with E-state index in [0.717, 1.165) is 37.3 Å². The van der Waals surface area contributed by atoms with Gasteiger partial charge in [0.05, 0.1) is 6.54 Å². The number of pyridine rings is 1. The molecule has 0 aromatic carbocycles. The van der Waals surface area contributed by atoms with E-state index < -0.39 is 0 Å². The van der Waals surface area contributed by atoms with Crippen molar-refractivity contribution in [3.63, 3.8) is 0 Å². The lowest BCUT2D eigenvalue weighted by Crippen LogP contribution is -2.33. The predicted octanol–water partition coefficient (Wildman–Crippen LogP) is 1.07. The van der Waals surface area contributed by atoms with Crippen molar-refractivity contribution in [1.82, 2.24) is 19.5 Å². The molecule has 1 aliphatic heterocycles. The van der Waals surface area contributed by atoms with E-state index in [9.17, 15) is 4.79 Å². The summed E-state index contributed by atoms with van der Waals surface area (Å²) in [6.45, 7) is 3.98. The van der Waals surface area contributed by atoms with Crippen molar-refractivity contribution in [3.8, 4) is 0 Å². The Bertz CT molecular complexity index is 600. The summed E-state index contributed by atoms with van der Waals surface area (Å²) in [5.74, 6) is 0.620. The lowest BCUT2D eigenvalue weighted by molar-refractivity contribution is -0.128. The average Bonchev–Trinajstić information content (AvgIpc) is 3.05. The van der Waals surface area contributed by atoms with Crippen molar-refractivity contribution < 1.29 is 4.79 Å². The summed E-state index contributed by atoms with van der Waals surface area (Å²) in [4.78, 5) is 18.1. The molecule has 0 unspecified atom stereocenters. The highest BCUT2D eigenvalue weighted by Gasteiger charge is 2.17. The van der Waals surface area contributed by atoms with Crippen LogP contribution in [0.2, 0.25) is 0 Å². The maximum Gasteiger partial charge on any atom is 0.243 e. The van der Waals surface area contributed by atoms with E-state index in [4.69, 9.17) is 0 Å². The van der Waals surface area contributed by atoms with Crippen LogP contribution in [0.25, 0.3) is 5.65 Å². The first-order chi connectivity index (χ1) is 9.24. The van der Waals surface area contributed by atoms with Crippen LogP contribution in [0.5, 0.6) is 0 Å². The smallest absolute Gasteiger partial charge is 0.243 e. The van der Waals surface area contributed by atoms with Gasteiger partial charge in [-0.25, -0.2) is 4.52 Å². The molecule has 0 aliphatic carbocycles. The van der Waals surface area contributed by atoms with E-state index in [1.165, 1.54) is 0 Å². The molecule has 100 valence electrons. The number of rotatable bonds is 3. The first kappa shape index (κ1) is 12.0. The second-order valence-corrected chi connectivity index (χ2v) is 4.81. The van der Waals surface area contributed by atoms with Crippen LogP contribution in [-0.2, 0) is 4.79 Å². The standard InChI is InChI=1S/C13H17N5O/c1-10-5-4-6-11-15-13(16-18(10)11)14-9-12(19)17-7-2-3-8-17/h4-6H,2-3,7-9H2,1H3,(H,14,16). The van der Waals surface area contributed by atoms with Crippen molar-refractivity contribution in [1.29, 1.82) is 0 Å². The van der Waals surface area contributed by atoms with Crippen LogP contribution in [0.15, 0.2) is 18.2 Å². The van der Waals surface area contributed by atoms with Crippen LogP contribution >= 0.6 is 0 Å². The predicted molar refractivity (Wildman–Crippen MR) is 72.0 cm³/mol. The Labute approximate surface area is 111 Å². The first-order valence-corrected chi connectivity index (χ1v) is 6.58. The highest BCUT2D eigenvalue weighted by Crippen LogP contribution is 2.09. The van der Waals surface area contributed by atoms with Crippen LogP contribution in [0.3, 0.4) is 0 Å².